The van der Waals surface area contributed by atoms with Crippen molar-refractivity contribution in [3.8, 4) is 0 Å². The highest BCUT2D eigenvalue weighted by atomic mass is 16.3. The molecule has 1 nitrogen and oxygen atoms in total. The number of allylic oxidation sites excluding steroid dienone is 2. The molecule has 0 aromatic rings. The Morgan fingerprint density at radius 1 is 1.11 bits per heavy atom. The van der Waals surface area contributed by atoms with Crippen LogP contribution < -0.4 is 0 Å². The molecule has 0 aromatic carbocycles. The van der Waals surface area contributed by atoms with Gasteiger partial charge in [-0.15, -0.1) is 0 Å². The van der Waals surface area contributed by atoms with E-state index in [9.17, 15) is 5.11 Å². The molecule has 2 rings (SSSR count). The summed E-state index contributed by atoms with van der Waals surface area (Å²) in [6.45, 7) is 12.1. The summed E-state index contributed by atoms with van der Waals surface area (Å²) >= 11 is 0. The molecule has 0 saturated heterocycles. The third-order valence-corrected chi connectivity index (χ3v) is 6.36. The summed E-state index contributed by atoms with van der Waals surface area (Å²) in [5.41, 5.74) is 1.50. The summed E-state index contributed by atoms with van der Waals surface area (Å²) in [5.74, 6) is 5.04. The van der Waals surface area contributed by atoms with Crippen LogP contribution in [0.2, 0.25) is 0 Å². The molecule has 2 fully saturated rings. The number of hydrogen-bond acceptors (Lipinski definition) is 1. The van der Waals surface area contributed by atoms with Crippen LogP contribution in [0.5, 0.6) is 0 Å². The standard InChI is InChI=1S/C18H32O/c1-6-11(2)17-14(5)9-15-12(3)7-8-13(4)18(15)16(17)10-19/h6,12-19H,7-10H2,1-5H3/b11-6-/t12-,13-,14-,15-,16+,17?,18+/m0/s1. The number of aliphatic hydroxyl groups is 1. The molecule has 0 spiro atoms. The molecule has 0 heterocycles. The molecule has 1 unspecified atom stereocenters. The topological polar surface area (TPSA) is 20.2 Å². The first-order valence-electron chi connectivity index (χ1n) is 8.24. The number of hydrogen-bond donors (Lipinski definition) is 1. The minimum Gasteiger partial charge on any atom is -0.396 e. The van der Waals surface area contributed by atoms with Crippen molar-refractivity contribution < 1.29 is 5.11 Å². The van der Waals surface area contributed by atoms with Gasteiger partial charge in [0.05, 0.1) is 0 Å². The average Bonchev–Trinajstić information content (AvgIpc) is 2.40. The smallest absolute Gasteiger partial charge is 0.0467 e. The molecular weight excluding hydrogens is 232 g/mol. The Morgan fingerprint density at radius 2 is 1.74 bits per heavy atom. The Morgan fingerprint density at radius 3 is 2.32 bits per heavy atom. The second-order valence-corrected chi connectivity index (χ2v) is 7.39. The minimum atomic E-state index is 0.373. The first kappa shape index (κ1) is 15.1. The molecule has 19 heavy (non-hydrogen) atoms. The monoisotopic (exact) mass is 264 g/mol. The maximum Gasteiger partial charge on any atom is 0.0467 e. The lowest BCUT2D eigenvalue weighted by atomic mass is 9.52. The zero-order valence-electron chi connectivity index (χ0n) is 13.4. The van der Waals surface area contributed by atoms with Gasteiger partial charge in [0, 0.05) is 6.61 Å². The zero-order valence-corrected chi connectivity index (χ0v) is 13.4. The highest BCUT2D eigenvalue weighted by Gasteiger charge is 2.48. The summed E-state index contributed by atoms with van der Waals surface area (Å²) in [6.07, 6.45) is 6.37. The summed E-state index contributed by atoms with van der Waals surface area (Å²) < 4.78 is 0. The van der Waals surface area contributed by atoms with Crippen LogP contribution in [0.4, 0.5) is 0 Å². The van der Waals surface area contributed by atoms with Crippen LogP contribution in [0.1, 0.15) is 53.9 Å². The predicted octanol–water partition coefficient (Wildman–Crippen LogP) is 4.52. The van der Waals surface area contributed by atoms with E-state index in [2.05, 4.69) is 40.7 Å². The van der Waals surface area contributed by atoms with E-state index in [0.717, 1.165) is 29.6 Å². The van der Waals surface area contributed by atoms with E-state index in [-0.39, 0.29) is 0 Å². The first-order chi connectivity index (χ1) is 9.01. The normalized spacial score (nSPS) is 47.9. The van der Waals surface area contributed by atoms with Crippen LogP contribution in [0.15, 0.2) is 11.6 Å². The van der Waals surface area contributed by atoms with E-state index in [1.807, 2.05) is 0 Å². The highest BCUT2D eigenvalue weighted by Crippen LogP contribution is 2.54. The molecule has 0 radical (unpaired) electrons. The minimum absolute atomic E-state index is 0.373. The summed E-state index contributed by atoms with van der Waals surface area (Å²) in [4.78, 5) is 0. The van der Waals surface area contributed by atoms with Crippen LogP contribution in [-0.2, 0) is 0 Å². The summed E-state index contributed by atoms with van der Waals surface area (Å²) in [6, 6.07) is 0. The van der Waals surface area contributed by atoms with E-state index >= 15 is 0 Å². The molecular formula is C18H32O. The van der Waals surface area contributed by atoms with Gasteiger partial charge in [-0.05, 0) is 61.7 Å². The van der Waals surface area contributed by atoms with Crippen molar-refractivity contribution in [3.05, 3.63) is 11.6 Å². The molecule has 110 valence electrons. The molecule has 2 aliphatic rings. The van der Waals surface area contributed by atoms with E-state index in [4.69, 9.17) is 0 Å². The lowest BCUT2D eigenvalue weighted by Crippen LogP contribution is -2.48. The molecule has 0 bridgehead atoms. The third kappa shape index (κ3) is 2.63. The van der Waals surface area contributed by atoms with Crippen LogP contribution in [0, 0.1) is 41.4 Å². The SMILES string of the molecule is C/C=C(/C)C1[C@@H](CO)[C@H]2[C@@H](C[C@@H]1C)[C@@H](C)CC[C@@H]2C. The Balaban J connectivity index is 2.32. The van der Waals surface area contributed by atoms with Crippen LogP contribution in [0.3, 0.4) is 0 Å². The van der Waals surface area contributed by atoms with E-state index in [0.29, 0.717) is 18.4 Å². The van der Waals surface area contributed by atoms with Gasteiger partial charge < -0.3 is 5.11 Å². The quantitative estimate of drug-likeness (QED) is 0.727. The van der Waals surface area contributed by atoms with Crippen LogP contribution in [-0.4, -0.2) is 11.7 Å². The molecule has 1 N–H and O–H groups in total. The number of aliphatic hydroxyl groups excluding tert-OH is 1. The lowest BCUT2D eigenvalue weighted by molar-refractivity contribution is -0.0499. The second-order valence-electron chi connectivity index (χ2n) is 7.39. The fraction of sp³-hybridized carbons (Fsp3) is 0.889. The van der Waals surface area contributed by atoms with Gasteiger partial charge in [0.15, 0.2) is 0 Å². The fourth-order valence-corrected chi connectivity index (χ4v) is 5.31. The van der Waals surface area contributed by atoms with Gasteiger partial charge in [0.1, 0.15) is 0 Å². The highest BCUT2D eigenvalue weighted by molar-refractivity contribution is 5.10. The Bertz CT molecular complexity index is 333. The van der Waals surface area contributed by atoms with E-state index in [1.54, 1.807) is 0 Å². The Kier molecular flexibility index (Phi) is 4.76. The van der Waals surface area contributed by atoms with Crippen molar-refractivity contribution in [2.24, 2.45) is 41.4 Å². The maximum absolute atomic E-state index is 10.0. The number of rotatable bonds is 2. The van der Waals surface area contributed by atoms with Gasteiger partial charge in [-0.1, -0.05) is 45.3 Å². The van der Waals surface area contributed by atoms with Gasteiger partial charge in [0.2, 0.25) is 0 Å². The molecule has 2 aliphatic carbocycles. The second kappa shape index (κ2) is 5.99. The van der Waals surface area contributed by atoms with Crippen molar-refractivity contribution in [2.75, 3.05) is 6.61 Å². The molecule has 2 saturated carbocycles. The van der Waals surface area contributed by atoms with Gasteiger partial charge in [-0.3, -0.25) is 0 Å². The summed E-state index contributed by atoms with van der Waals surface area (Å²) in [7, 11) is 0. The predicted molar refractivity (Wildman–Crippen MR) is 81.8 cm³/mol. The van der Waals surface area contributed by atoms with Gasteiger partial charge in [0.25, 0.3) is 0 Å². The first-order valence-corrected chi connectivity index (χ1v) is 8.24. The van der Waals surface area contributed by atoms with E-state index < -0.39 is 0 Å². The van der Waals surface area contributed by atoms with Crippen LogP contribution >= 0.6 is 0 Å². The molecule has 0 aliphatic heterocycles. The lowest BCUT2D eigenvalue weighted by Gasteiger charge is -2.53. The Labute approximate surface area is 119 Å². The van der Waals surface area contributed by atoms with Crippen molar-refractivity contribution in [1.82, 2.24) is 0 Å². The molecule has 0 aromatic heterocycles. The fourth-order valence-electron chi connectivity index (χ4n) is 5.31. The van der Waals surface area contributed by atoms with E-state index in [1.165, 1.54) is 24.8 Å². The summed E-state index contributed by atoms with van der Waals surface area (Å²) in [5, 5.41) is 10.0. The largest absolute Gasteiger partial charge is 0.396 e. The number of fused-ring (bicyclic) bond motifs is 1. The van der Waals surface area contributed by atoms with Crippen LogP contribution in [0.25, 0.3) is 0 Å². The zero-order chi connectivity index (χ0) is 14.2. The average molecular weight is 264 g/mol. The molecule has 1 heteroatoms. The van der Waals surface area contributed by atoms with Gasteiger partial charge >= 0.3 is 0 Å². The van der Waals surface area contributed by atoms with Crippen molar-refractivity contribution >= 4 is 0 Å². The van der Waals surface area contributed by atoms with Crippen molar-refractivity contribution in [2.45, 2.75) is 53.9 Å². The van der Waals surface area contributed by atoms with Crippen molar-refractivity contribution in [3.63, 3.8) is 0 Å². The third-order valence-electron chi connectivity index (χ3n) is 6.36. The molecule has 7 atom stereocenters. The maximum atomic E-state index is 10.0. The molecule has 0 amide bonds. The van der Waals surface area contributed by atoms with Gasteiger partial charge in [-0.25, -0.2) is 0 Å². The van der Waals surface area contributed by atoms with Crippen molar-refractivity contribution in [1.29, 1.82) is 0 Å². The Hall–Kier alpha value is -0.300. The van der Waals surface area contributed by atoms with Gasteiger partial charge in [-0.2, -0.15) is 0 Å².